The SMILES string of the molecule is C=Cc1ccc(-c2c(-c3ccc(C=C)cc3)c3cc(-c4sc(C)c5c(F)c(C)sc45)sc3c3sc(C)cc23)cc1. The van der Waals surface area contributed by atoms with Crippen LogP contribution in [0, 0.1) is 26.6 Å². The number of hydrogen-bond acceptors (Lipinski definition) is 4. The zero-order chi connectivity index (χ0) is 27.7. The molecule has 3 aromatic carbocycles. The molecular formula is C35H25FS4. The van der Waals surface area contributed by atoms with Crippen LogP contribution in [0.4, 0.5) is 4.39 Å². The van der Waals surface area contributed by atoms with Crippen molar-refractivity contribution in [2.24, 2.45) is 0 Å². The Balaban J connectivity index is 1.61. The summed E-state index contributed by atoms with van der Waals surface area (Å²) in [5.41, 5.74) is 7.07. The minimum Gasteiger partial charge on any atom is -0.205 e. The third-order valence-electron chi connectivity index (χ3n) is 7.50. The predicted octanol–water partition coefficient (Wildman–Crippen LogP) is 12.7. The maximum absolute atomic E-state index is 15.0. The topological polar surface area (TPSA) is 0 Å². The monoisotopic (exact) mass is 592 g/mol. The Morgan fingerprint density at radius 1 is 0.625 bits per heavy atom. The van der Waals surface area contributed by atoms with Crippen molar-refractivity contribution in [3.63, 3.8) is 0 Å². The van der Waals surface area contributed by atoms with E-state index in [1.165, 1.54) is 57.1 Å². The Morgan fingerprint density at radius 2 is 1.18 bits per heavy atom. The first-order valence-electron chi connectivity index (χ1n) is 13.0. The Bertz CT molecular complexity index is 2110. The second-order valence-electron chi connectivity index (χ2n) is 10.0. The molecule has 4 aromatic heterocycles. The maximum atomic E-state index is 15.0. The van der Waals surface area contributed by atoms with E-state index in [4.69, 9.17) is 0 Å². The van der Waals surface area contributed by atoms with Gasteiger partial charge in [0.05, 0.1) is 19.0 Å². The van der Waals surface area contributed by atoms with Gasteiger partial charge >= 0.3 is 0 Å². The minimum atomic E-state index is -0.0642. The smallest absolute Gasteiger partial charge is 0.145 e. The third kappa shape index (κ3) is 3.87. The van der Waals surface area contributed by atoms with Crippen molar-refractivity contribution in [2.45, 2.75) is 20.8 Å². The van der Waals surface area contributed by atoms with Gasteiger partial charge in [-0.1, -0.05) is 73.8 Å². The fraction of sp³-hybridized carbons (Fsp3) is 0.0857. The van der Waals surface area contributed by atoms with E-state index in [2.05, 4.69) is 80.7 Å². The van der Waals surface area contributed by atoms with Gasteiger partial charge in [-0.15, -0.1) is 45.3 Å². The molecule has 0 fully saturated rings. The van der Waals surface area contributed by atoms with Crippen LogP contribution in [0.2, 0.25) is 0 Å². The number of benzene rings is 3. The molecule has 0 saturated carbocycles. The lowest BCUT2D eigenvalue weighted by Gasteiger charge is -2.15. The Kier molecular flexibility index (Phi) is 6.17. The van der Waals surface area contributed by atoms with Crippen LogP contribution >= 0.6 is 45.3 Å². The Hall–Kier alpha value is -3.35. The van der Waals surface area contributed by atoms with Gasteiger partial charge in [0.2, 0.25) is 0 Å². The molecule has 0 nitrogen and oxygen atoms in total. The summed E-state index contributed by atoms with van der Waals surface area (Å²) in [5.74, 6) is -0.0642. The lowest BCUT2D eigenvalue weighted by atomic mass is 9.88. The molecule has 40 heavy (non-hydrogen) atoms. The highest BCUT2D eigenvalue weighted by Gasteiger charge is 2.24. The van der Waals surface area contributed by atoms with Crippen molar-refractivity contribution >= 4 is 87.8 Å². The summed E-state index contributed by atoms with van der Waals surface area (Å²) < 4.78 is 18.7. The van der Waals surface area contributed by atoms with Crippen LogP contribution in [-0.4, -0.2) is 0 Å². The molecule has 0 aliphatic rings. The number of rotatable bonds is 5. The molecule has 7 rings (SSSR count). The molecule has 4 heterocycles. The van der Waals surface area contributed by atoms with Crippen LogP contribution in [0.1, 0.15) is 25.8 Å². The van der Waals surface area contributed by atoms with Gasteiger partial charge in [-0.05, 0) is 66.3 Å². The molecule has 5 heteroatoms. The first-order valence-corrected chi connectivity index (χ1v) is 16.3. The molecule has 196 valence electrons. The summed E-state index contributed by atoms with van der Waals surface area (Å²) in [6.45, 7) is 14.0. The van der Waals surface area contributed by atoms with Gasteiger partial charge in [0.1, 0.15) is 5.82 Å². The standard InChI is InChI=1S/C35H25FS4/c1-6-21-8-12-23(13-9-21)29-25-16-18(3)37-32(25)33-26(30(29)24-14-10-22(7-2)11-15-24)17-27(40-33)34-35-28(19(4)38-34)31(36)20(5)39-35/h6-17H,1-2H2,3-5H3. The molecule has 0 spiro atoms. The molecule has 0 amide bonds. The van der Waals surface area contributed by atoms with Crippen LogP contribution in [0.5, 0.6) is 0 Å². The molecular weight excluding hydrogens is 568 g/mol. The molecule has 0 bridgehead atoms. The quantitative estimate of drug-likeness (QED) is 0.186. The predicted molar refractivity (Wildman–Crippen MR) is 181 cm³/mol. The van der Waals surface area contributed by atoms with Crippen molar-refractivity contribution in [3.8, 4) is 32.0 Å². The van der Waals surface area contributed by atoms with Gasteiger partial charge in [-0.2, -0.15) is 0 Å². The van der Waals surface area contributed by atoms with Crippen molar-refractivity contribution < 1.29 is 4.39 Å². The van der Waals surface area contributed by atoms with Gasteiger partial charge < -0.3 is 0 Å². The summed E-state index contributed by atoms with van der Waals surface area (Å²) in [7, 11) is 0. The molecule has 0 aliphatic heterocycles. The minimum absolute atomic E-state index is 0.0642. The summed E-state index contributed by atoms with van der Waals surface area (Å²) in [5, 5.41) is 3.32. The normalized spacial score (nSPS) is 11.7. The zero-order valence-corrected chi connectivity index (χ0v) is 25.6. The first-order chi connectivity index (χ1) is 19.4. The molecule has 0 saturated heterocycles. The first kappa shape index (κ1) is 25.6. The molecule has 7 aromatic rings. The van der Waals surface area contributed by atoms with Crippen LogP contribution in [0.3, 0.4) is 0 Å². The van der Waals surface area contributed by atoms with Crippen LogP contribution in [0.25, 0.3) is 74.4 Å². The summed E-state index contributed by atoms with van der Waals surface area (Å²) in [4.78, 5) is 5.48. The van der Waals surface area contributed by atoms with Crippen molar-refractivity contribution in [2.75, 3.05) is 0 Å². The van der Waals surface area contributed by atoms with E-state index in [0.717, 1.165) is 31.0 Å². The van der Waals surface area contributed by atoms with E-state index < -0.39 is 0 Å². The molecule has 0 aliphatic carbocycles. The van der Waals surface area contributed by atoms with Gasteiger partial charge in [0.25, 0.3) is 0 Å². The average molecular weight is 593 g/mol. The fourth-order valence-corrected chi connectivity index (χ4v) is 10.5. The van der Waals surface area contributed by atoms with Gasteiger partial charge in [0.15, 0.2) is 0 Å². The van der Waals surface area contributed by atoms with E-state index in [9.17, 15) is 0 Å². The second kappa shape index (κ2) is 9.64. The van der Waals surface area contributed by atoms with E-state index >= 15 is 4.39 Å². The van der Waals surface area contributed by atoms with Crippen molar-refractivity contribution in [1.82, 2.24) is 0 Å². The summed E-state index contributed by atoms with van der Waals surface area (Å²) >= 11 is 6.98. The Morgan fingerprint density at radius 3 is 1.75 bits per heavy atom. The fourth-order valence-electron chi connectivity index (χ4n) is 5.58. The number of thiophene rings is 4. The van der Waals surface area contributed by atoms with E-state index in [0.29, 0.717) is 0 Å². The third-order valence-corrected chi connectivity index (χ3v) is 12.4. The number of aryl methyl sites for hydroxylation is 3. The van der Waals surface area contributed by atoms with E-state index in [1.807, 2.05) is 48.7 Å². The molecule has 0 N–H and O–H groups in total. The van der Waals surface area contributed by atoms with Crippen molar-refractivity contribution in [3.05, 3.63) is 105 Å². The summed E-state index contributed by atoms with van der Waals surface area (Å²) in [6.07, 6.45) is 3.77. The van der Waals surface area contributed by atoms with Gasteiger partial charge in [-0.3, -0.25) is 0 Å². The highest BCUT2D eigenvalue weighted by Crippen LogP contribution is 2.53. The Labute approximate surface area is 249 Å². The highest BCUT2D eigenvalue weighted by molar-refractivity contribution is 7.33. The number of fused-ring (bicyclic) bond motifs is 4. The lowest BCUT2D eigenvalue weighted by molar-refractivity contribution is 0.636. The highest BCUT2D eigenvalue weighted by atomic mass is 32.1. The van der Waals surface area contributed by atoms with Crippen LogP contribution in [-0.2, 0) is 0 Å². The van der Waals surface area contributed by atoms with Gasteiger partial charge in [-0.25, -0.2) is 4.39 Å². The molecule has 0 radical (unpaired) electrons. The maximum Gasteiger partial charge on any atom is 0.145 e. The average Bonchev–Trinajstić information content (AvgIpc) is 3.72. The molecule has 0 atom stereocenters. The van der Waals surface area contributed by atoms with Gasteiger partial charge in [0, 0.05) is 35.7 Å². The van der Waals surface area contributed by atoms with Crippen molar-refractivity contribution in [1.29, 1.82) is 0 Å². The van der Waals surface area contributed by atoms with E-state index in [-0.39, 0.29) is 5.82 Å². The number of halogens is 1. The van der Waals surface area contributed by atoms with E-state index in [1.54, 1.807) is 22.7 Å². The molecule has 0 unspecified atom stereocenters. The summed E-state index contributed by atoms with van der Waals surface area (Å²) in [6, 6.07) is 22.1. The zero-order valence-electron chi connectivity index (χ0n) is 22.4. The lowest BCUT2D eigenvalue weighted by Crippen LogP contribution is -1.89. The van der Waals surface area contributed by atoms with Crippen LogP contribution in [0.15, 0.2) is 73.8 Å². The number of hydrogen-bond donors (Lipinski definition) is 0. The largest absolute Gasteiger partial charge is 0.205 e. The van der Waals surface area contributed by atoms with Crippen LogP contribution < -0.4 is 0 Å². The second-order valence-corrected chi connectivity index (χ2v) is 14.8.